The third-order valence-corrected chi connectivity index (χ3v) is 4.88. The number of carbonyl (C=O) groups excluding carboxylic acids is 3. The highest BCUT2D eigenvalue weighted by Crippen LogP contribution is 2.28. The molecule has 3 aromatic rings. The van der Waals surface area contributed by atoms with Crippen LogP contribution in [0.15, 0.2) is 88.9 Å². The van der Waals surface area contributed by atoms with Gasteiger partial charge in [-0.25, -0.2) is 9.80 Å². The molecule has 0 aliphatic carbocycles. The molecule has 1 heterocycles. The molecule has 0 unspecified atom stereocenters. The van der Waals surface area contributed by atoms with E-state index in [1.807, 2.05) is 6.07 Å². The summed E-state index contributed by atoms with van der Waals surface area (Å²) >= 11 is 3.37. The molecule has 0 radical (unpaired) electrons. The number of carbonyl (C=O) groups is 3. The highest BCUT2D eigenvalue weighted by molar-refractivity contribution is 9.10. The molecule has 6 nitrogen and oxygen atoms in total. The minimum atomic E-state index is -0.538. The Morgan fingerprint density at radius 2 is 1.60 bits per heavy atom. The molecule has 0 saturated carbocycles. The van der Waals surface area contributed by atoms with Crippen LogP contribution in [-0.2, 0) is 9.59 Å². The highest BCUT2D eigenvalue weighted by atomic mass is 79.9. The van der Waals surface area contributed by atoms with Gasteiger partial charge in [0.1, 0.15) is 11.3 Å². The van der Waals surface area contributed by atoms with Crippen LogP contribution in [0.2, 0.25) is 0 Å². The zero-order chi connectivity index (χ0) is 21.1. The van der Waals surface area contributed by atoms with E-state index in [0.717, 1.165) is 0 Å². The maximum Gasteiger partial charge on any atom is 0.343 e. The van der Waals surface area contributed by atoms with E-state index in [4.69, 9.17) is 4.74 Å². The van der Waals surface area contributed by atoms with E-state index in [1.165, 1.54) is 11.1 Å². The smallest absolute Gasteiger partial charge is 0.343 e. The largest absolute Gasteiger partial charge is 0.422 e. The molecule has 3 aromatic carbocycles. The Bertz CT molecular complexity index is 1160. The highest BCUT2D eigenvalue weighted by Gasteiger charge is 2.34. The van der Waals surface area contributed by atoms with Crippen LogP contribution >= 0.6 is 15.9 Å². The Labute approximate surface area is 180 Å². The monoisotopic (exact) mass is 462 g/mol. The molecule has 0 aromatic heterocycles. The van der Waals surface area contributed by atoms with Crippen LogP contribution < -0.4 is 15.2 Å². The lowest BCUT2D eigenvalue weighted by Crippen LogP contribution is -2.35. The van der Waals surface area contributed by atoms with Crippen molar-refractivity contribution in [2.75, 3.05) is 5.01 Å². The fraction of sp³-hybridized carbons (Fsp3) is 0. The van der Waals surface area contributed by atoms with Crippen LogP contribution in [0.4, 0.5) is 5.69 Å². The van der Waals surface area contributed by atoms with Crippen molar-refractivity contribution in [1.82, 2.24) is 5.43 Å². The molecule has 1 fully saturated rings. The fourth-order valence-electron chi connectivity index (χ4n) is 2.93. The predicted molar refractivity (Wildman–Crippen MR) is 116 cm³/mol. The Morgan fingerprint density at radius 1 is 0.933 bits per heavy atom. The van der Waals surface area contributed by atoms with Gasteiger partial charge in [0, 0.05) is 10.0 Å². The van der Waals surface area contributed by atoms with Gasteiger partial charge < -0.3 is 4.74 Å². The number of benzene rings is 3. The number of anilines is 1. The van der Waals surface area contributed by atoms with E-state index in [1.54, 1.807) is 72.8 Å². The van der Waals surface area contributed by atoms with Crippen molar-refractivity contribution < 1.29 is 19.1 Å². The normalized spacial score (nSPS) is 14.7. The third-order valence-electron chi connectivity index (χ3n) is 4.39. The molecule has 148 valence electrons. The first-order valence-corrected chi connectivity index (χ1v) is 9.81. The number of nitrogens with one attached hydrogen (secondary N) is 1. The SMILES string of the molecule is O=C1NN(c2ccccc2)C(=O)C1=Cc1cc(Br)ccc1OC(=O)c1ccccc1. The lowest BCUT2D eigenvalue weighted by molar-refractivity contribution is -0.117. The number of halogens is 1. The summed E-state index contributed by atoms with van der Waals surface area (Å²) in [7, 11) is 0. The van der Waals surface area contributed by atoms with Gasteiger partial charge in [0.05, 0.1) is 11.3 Å². The van der Waals surface area contributed by atoms with Gasteiger partial charge in [-0.1, -0.05) is 52.3 Å². The van der Waals surface area contributed by atoms with Crippen molar-refractivity contribution in [1.29, 1.82) is 0 Å². The van der Waals surface area contributed by atoms with Gasteiger partial charge in [0.25, 0.3) is 11.8 Å². The van der Waals surface area contributed by atoms with Crippen molar-refractivity contribution >= 4 is 45.5 Å². The summed E-state index contributed by atoms with van der Waals surface area (Å²) in [6, 6.07) is 22.3. The number of hydrogen-bond donors (Lipinski definition) is 1. The van der Waals surface area contributed by atoms with Gasteiger partial charge in [-0.2, -0.15) is 0 Å². The average Bonchev–Trinajstić information content (AvgIpc) is 3.05. The topological polar surface area (TPSA) is 75.7 Å². The number of esters is 1. The lowest BCUT2D eigenvalue weighted by atomic mass is 10.1. The molecule has 1 saturated heterocycles. The average molecular weight is 463 g/mol. The molecule has 4 rings (SSSR count). The van der Waals surface area contributed by atoms with Crippen LogP contribution in [0.25, 0.3) is 6.08 Å². The molecule has 7 heteroatoms. The predicted octanol–water partition coefficient (Wildman–Crippen LogP) is 4.13. The molecular weight excluding hydrogens is 448 g/mol. The van der Waals surface area contributed by atoms with Gasteiger partial charge in [0.15, 0.2) is 0 Å². The Morgan fingerprint density at radius 3 is 2.30 bits per heavy atom. The Hall–Kier alpha value is -3.71. The Balaban J connectivity index is 1.66. The van der Waals surface area contributed by atoms with Gasteiger partial charge >= 0.3 is 5.97 Å². The quantitative estimate of drug-likeness (QED) is 0.273. The molecule has 1 N–H and O–H groups in total. The molecule has 2 amide bonds. The maximum absolute atomic E-state index is 12.8. The van der Waals surface area contributed by atoms with Gasteiger partial charge in [-0.3, -0.25) is 15.0 Å². The second kappa shape index (κ2) is 8.34. The summed E-state index contributed by atoms with van der Waals surface area (Å²) in [5.41, 5.74) is 3.84. The summed E-state index contributed by atoms with van der Waals surface area (Å²) in [6.07, 6.45) is 1.42. The number of hydrazine groups is 1. The first-order chi connectivity index (χ1) is 14.5. The molecule has 1 aliphatic rings. The van der Waals surface area contributed by atoms with E-state index in [0.29, 0.717) is 21.3 Å². The van der Waals surface area contributed by atoms with Crippen molar-refractivity contribution in [3.8, 4) is 5.75 Å². The molecular formula is C23H15BrN2O4. The molecule has 1 aliphatic heterocycles. The van der Waals surface area contributed by atoms with Crippen molar-refractivity contribution in [3.63, 3.8) is 0 Å². The number of para-hydroxylation sites is 1. The number of hydrogen-bond acceptors (Lipinski definition) is 4. The van der Waals surface area contributed by atoms with E-state index >= 15 is 0 Å². The van der Waals surface area contributed by atoms with Crippen LogP contribution in [0, 0.1) is 0 Å². The minimum absolute atomic E-state index is 0.0611. The molecule has 30 heavy (non-hydrogen) atoms. The molecule has 0 atom stereocenters. The number of amides is 2. The van der Waals surface area contributed by atoms with Crippen molar-refractivity contribution in [3.05, 3.63) is 100 Å². The lowest BCUT2D eigenvalue weighted by Gasteiger charge is -2.14. The standard InChI is InChI=1S/C23H15BrN2O4/c24-17-11-12-20(30-23(29)15-7-3-1-4-8-15)16(13-17)14-19-21(27)25-26(22(19)28)18-9-5-2-6-10-18/h1-14H,(H,25,27). The van der Waals surface area contributed by atoms with Crippen LogP contribution in [0.5, 0.6) is 5.75 Å². The second-order valence-electron chi connectivity index (χ2n) is 6.41. The number of ether oxygens (including phenoxy) is 1. The summed E-state index contributed by atoms with van der Waals surface area (Å²) in [5, 5.41) is 1.18. The fourth-order valence-corrected chi connectivity index (χ4v) is 3.31. The van der Waals surface area contributed by atoms with E-state index in [9.17, 15) is 14.4 Å². The summed E-state index contributed by atoms with van der Waals surface area (Å²) in [4.78, 5) is 37.7. The second-order valence-corrected chi connectivity index (χ2v) is 7.33. The Kier molecular flexibility index (Phi) is 5.45. The number of nitrogens with zero attached hydrogens (tertiary/aromatic N) is 1. The van der Waals surface area contributed by atoms with Crippen LogP contribution in [0.3, 0.4) is 0 Å². The van der Waals surface area contributed by atoms with Gasteiger partial charge in [-0.05, 0) is 48.5 Å². The van der Waals surface area contributed by atoms with E-state index in [-0.39, 0.29) is 11.3 Å². The summed E-state index contributed by atoms with van der Waals surface area (Å²) in [5.74, 6) is -1.33. The maximum atomic E-state index is 12.8. The first kappa shape index (κ1) is 19.6. The van der Waals surface area contributed by atoms with E-state index in [2.05, 4.69) is 21.4 Å². The van der Waals surface area contributed by atoms with Crippen molar-refractivity contribution in [2.24, 2.45) is 0 Å². The minimum Gasteiger partial charge on any atom is -0.422 e. The van der Waals surface area contributed by atoms with Crippen LogP contribution in [-0.4, -0.2) is 17.8 Å². The van der Waals surface area contributed by atoms with Gasteiger partial charge in [-0.15, -0.1) is 0 Å². The first-order valence-electron chi connectivity index (χ1n) is 9.02. The van der Waals surface area contributed by atoms with Crippen LogP contribution in [0.1, 0.15) is 15.9 Å². The third kappa shape index (κ3) is 4.01. The van der Waals surface area contributed by atoms with Crippen molar-refractivity contribution in [2.45, 2.75) is 0 Å². The zero-order valence-corrected chi connectivity index (χ0v) is 17.1. The van der Waals surface area contributed by atoms with E-state index < -0.39 is 17.8 Å². The summed E-state index contributed by atoms with van der Waals surface area (Å²) in [6.45, 7) is 0. The molecule has 0 spiro atoms. The summed E-state index contributed by atoms with van der Waals surface area (Å²) < 4.78 is 6.23. The van der Waals surface area contributed by atoms with Gasteiger partial charge in [0.2, 0.25) is 0 Å². The molecule has 0 bridgehead atoms. The zero-order valence-electron chi connectivity index (χ0n) is 15.5. The number of rotatable bonds is 4.